The number of benzene rings is 2. The van der Waals surface area contributed by atoms with Gasteiger partial charge in [-0.15, -0.1) is 0 Å². The number of pyridine rings is 1. The van der Waals surface area contributed by atoms with E-state index >= 15 is 0 Å². The zero-order valence-electron chi connectivity index (χ0n) is 16.8. The third-order valence-electron chi connectivity index (χ3n) is 5.29. The largest absolute Gasteiger partial charge is 0.338 e. The number of para-hydroxylation sites is 1. The van der Waals surface area contributed by atoms with E-state index in [0.29, 0.717) is 19.5 Å². The van der Waals surface area contributed by atoms with Gasteiger partial charge >= 0.3 is 0 Å². The van der Waals surface area contributed by atoms with E-state index in [-0.39, 0.29) is 23.9 Å². The molecule has 2 heterocycles. The zero-order chi connectivity index (χ0) is 21.8. The summed E-state index contributed by atoms with van der Waals surface area (Å²) < 4.78 is 40.2. The number of hydrogen-bond donors (Lipinski definition) is 0. The van der Waals surface area contributed by atoms with Gasteiger partial charge in [0, 0.05) is 49.4 Å². The van der Waals surface area contributed by atoms with E-state index in [1.807, 2.05) is 30.3 Å². The first-order chi connectivity index (χ1) is 14.9. The number of aromatic nitrogens is 1. The normalized spacial score (nSPS) is 16.0. The quantitative estimate of drug-likeness (QED) is 0.585. The third-order valence-corrected chi connectivity index (χ3v) is 7.20. The molecule has 1 aliphatic rings. The van der Waals surface area contributed by atoms with Crippen LogP contribution in [-0.4, -0.2) is 54.7 Å². The Hall–Kier alpha value is -3.10. The highest BCUT2D eigenvalue weighted by Gasteiger charge is 2.27. The van der Waals surface area contributed by atoms with Crippen LogP contribution in [0.15, 0.2) is 71.8 Å². The zero-order valence-corrected chi connectivity index (χ0v) is 17.6. The summed E-state index contributed by atoms with van der Waals surface area (Å²) in [6.07, 6.45) is 5.49. The standard InChI is InChI=1S/C23H22FN3O3S/c24-20-8-10-21(11-9-20)31(29,30)27-15-3-14-26(16-17-27)22(28)12-7-19-5-1-4-18-6-2-13-25-23(18)19/h1-2,4-13H,3,14-17H2. The molecule has 1 aromatic heterocycles. The number of sulfonamides is 1. The smallest absolute Gasteiger partial charge is 0.246 e. The van der Waals surface area contributed by atoms with Crippen LogP contribution in [0.2, 0.25) is 0 Å². The molecule has 160 valence electrons. The van der Waals surface area contributed by atoms with E-state index in [1.54, 1.807) is 17.2 Å². The first-order valence-corrected chi connectivity index (χ1v) is 11.5. The average molecular weight is 440 g/mol. The summed E-state index contributed by atoms with van der Waals surface area (Å²) in [4.78, 5) is 18.8. The maximum atomic E-state index is 13.1. The Bertz CT molecular complexity index is 1220. The molecule has 1 fully saturated rings. The molecule has 1 aliphatic heterocycles. The minimum atomic E-state index is -3.73. The minimum absolute atomic E-state index is 0.0528. The lowest BCUT2D eigenvalue weighted by atomic mass is 10.1. The SMILES string of the molecule is O=C(C=Cc1cccc2cccnc12)N1CCCN(S(=O)(=O)c2ccc(F)cc2)CC1. The molecule has 0 unspecified atom stereocenters. The first-order valence-electron chi connectivity index (χ1n) is 10.0. The molecule has 31 heavy (non-hydrogen) atoms. The van der Waals surface area contributed by atoms with Crippen molar-refractivity contribution in [2.24, 2.45) is 0 Å². The highest BCUT2D eigenvalue weighted by Crippen LogP contribution is 2.19. The molecule has 2 aromatic carbocycles. The predicted octanol–water partition coefficient (Wildman–Crippen LogP) is 3.31. The lowest BCUT2D eigenvalue weighted by molar-refractivity contribution is -0.125. The maximum Gasteiger partial charge on any atom is 0.246 e. The van der Waals surface area contributed by atoms with Gasteiger partial charge in [0.05, 0.1) is 10.4 Å². The summed E-state index contributed by atoms with van der Waals surface area (Å²) in [5, 5.41) is 0.994. The summed E-state index contributed by atoms with van der Waals surface area (Å²) >= 11 is 0. The van der Waals surface area contributed by atoms with Gasteiger partial charge in [0.15, 0.2) is 0 Å². The van der Waals surface area contributed by atoms with Crippen molar-refractivity contribution in [1.29, 1.82) is 0 Å². The first kappa shape index (κ1) is 21.1. The Morgan fingerprint density at radius 2 is 1.74 bits per heavy atom. The second-order valence-electron chi connectivity index (χ2n) is 7.29. The molecule has 0 aliphatic carbocycles. The monoisotopic (exact) mass is 439 g/mol. The van der Waals surface area contributed by atoms with Crippen LogP contribution in [0.4, 0.5) is 4.39 Å². The van der Waals surface area contributed by atoms with Crippen molar-refractivity contribution in [3.8, 4) is 0 Å². The molecule has 3 aromatic rings. The molecule has 6 nitrogen and oxygen atoms in total. The fourth-order valence-corrected chi connectivity index (χ4v) is 5.11. The number of rotatable bonds is 4. The van der Waals surface area contributed by atoms with Crippen molar-refractivity contribution < 1.29 is 17.6 Å². The van der Waals surface area contributed by atoms with Gasteiger partial charge in [-0.25, -0.2) is 12.8 Å². The minimum Gasteiger partial charge on any atom is -0.338 e. The number of carbonyl (C=O) groups is 1. The van der Waals surface area contributed by atoms with Crippen LogP contribution in [0.25, 0.3) is 17.0 Å². The van der Waals surface area contributed by atoms with E-state index in [4.69, 9.17) is 0 Å². The van der Waals surface area contributed by atoms with Crippen LogP contribution in [0.1, 0.15) is 12.0 Å². The summed E-state index contributed by atoms with van der Waals surface area (Å²) in [6, 6.07) is 14.4. The predicted molar refractivity (Wildman–Crippen MR) is 117 cm³/mol. The van der Waals surface area contributed by atoms with Gasteiger partial charge in [-0.3, -0.25) is 9.78 Å². The van der Waals surface area contributed by atoms with Crippen LogP contribution < -0.4 is 0 Å². The Kier molecular flexibility index (Phi) is 6.11. The van der Waals surface area contributed by atoms with Crippen molar-refractivity contribution >= 4 is 32.9 Å². The second kappa shape index (κ2) is 8.95. The Balaban J connectivity index is 1.45. The number of fused-ring (bicyclic) bond motifs is 1. The highest BCUT2D eigenvalue weighted by molar-refractivity contribution is 7.89. The fraction of sp³-hybridized carbons (Fsp3) is 0.217. The second-order valence-corrected chi connectivity index (χ2v) is 9.23. The van der Waals surface area contributed by atoms with Crippen LogP contribution >= 0.6 is 0 Å². The molecule has 0 spiro atoms. The molecule has 0 radical (unpaired) electrons. The average Bonchev–Trinajstić information content (AvgIpc) is 3.05. The molecule has 0 N–H and O–H groups in total. The number of halogens is 1. The number of amides is 1. The van der Waals surface area contributed by atoms with Gasteiger partial charge in [-0.05, 0) is 42.8 Å². The van der Waals surface area contributed by atoms with Crippen molar-refractivity contribution in [3.05, 3.63) is 78.3 Å². The lowest BCUT2D eigenvalue weighted by Crippen LogP contribution is -2.36. The van der Waals surface area contributed by atoms with Gasteiger partial charge < -0.3 is 4.90 Å². The molecule has 0 saturated carbocycles. The molecule has 0 atom stereocenters. The Labute approximate surface area is 180 Å². The summed E-state index contributed by atoms with van der Waals surface area (Å²) in [5.41, 5.74) is 1.67. The van der Waals surface area contributed by atoms with Gasteiger partial charge in [-0.2, -0.15) is 4.31 Å². The number of carbonyl (C=O) groups excluding carboxylic acids is 1. The summed E-state index contributed by atoms with van der Waals surface area (Å²) in [7, 11) is -3.73. The van der Waals surface area contributed by atoms with Crippen molar-refractivity contribution in [2.45, 2.75) is 11.3 Å². The van der Waals surface area contributed by atoms with E-state index in [1.165, 1.54) is 22.5 Å². The summed E-state index contributed by atoms with van der Waals surface area (Å²) in [5.74, 6) is -0.659. The third kappa shape index (κ3) is 4.65. The molecule has 8 heteroatoms. The number of hydrogen-bond acceptors (Lipinski definition) is 4. The molecule has 4 rings (SSSR count). The van der Waals surface area contributed by atoms with Crippen molar-refractivity contribution in [3.63, 3.8) is 0 Å². The van der Waals surface area contributed by atoms with Gasteiger partial charge in [0.2, 0.25) is 15.9 Å². The Morgan fingerprint density at radius 3 is 2.55 bits per heavy atom. The molecule has 1 amide bonds. The van der Waals surface area contributed by atoms with E-state index in [2.05, 4.69) is 4.98 Å². The van der Waals surface area contributed by atoms with Crippen molar-refractivity contribution in [2.75, 3.05) is 26.2 Å². The Morgan fingerprint density at radius 1 is 0.968 bits per heavy atom. The molecular formula is C23H22FN3O3S. The van der Waals surface area contributed by atoms with Crippen LogP contribution in [0.5, 0.6) is 0 Å². The highest BCUT2D eigenvalue weighted by atomic mass is 32.2. The van der Waals surface area contributed by atoms with Gasteiger partial charge in [-0.1, -0.05) is 24.3 Å². The molecule has 0 bridgehead atoms. The van der Waals surface area contributed by atoms with E-state index in [0.717, 1.165) is 28.6 Å². The van der Waals surface area contributed by atoms with Crippen LogP contribution in [0, 0.1) is 5.82 Å². The lowest BCUT2D eigenvalue weighted by Gasteiger charge is -2.21. The van der Waals surface area contributed by atoms with Gasteiger partial charge in [0.25, 0.3) is 0 Å². The molecular weight excluding hydrogens is 417 g/mol. The fourth-order valence-electron chi connectivity index (χ4n) is 3.64. The maximum absolute atomic E-state index is 13.1. The number of nitrogens with zero attached hydrogens (tertiary/aromatic N) is 3. The van der Waals surface area contributed by atoms with Crippen LogP contribution in [0.3, 0.4) is 0 Å². The van der Waals surface area contributed by atoms with E-state index in [9.17, 15) is 17.6 Å². The summed E-state index contributed by atoms with van der Waals surface area (Å²) in [6.45, 7) is 1.25. The van der Waals surface area contributed by atoms with E-state index < -0.39 is 15.8 Å². The van der Waals surface area contributed by atoms with Crippen molar-refractivity contribution in [1.82, 2.24) is 14.2 Å². The molecule has 1 saturated heterocycles. The van der Waals surface area contributed by atoms with Gasteiger partial charge in [0.1, 0.15) is 5.82 Å². The topological polar surface area (TPSA) is 70.6 Å². The van der Waals surface area contributed by atoms with Crippen LogP contribution in [-0.2, 0) is 14.8 Å².